The number of hydrogen-bond acceptors (Lipinski definition) is 6. The van der Waals surface area contributed by atoms with E-state index in [0.29, 0.717) is 17.8 Å². The molecule has 0 amide bonds. The maximum Gasteiger partial charge on any atom is 0.325 e. The molecule has 0 spiro atoms. The van der Waals surface area contributed by atoms with Crippen LogP contribution in [0.3, 0.4) is 0 Å². The van der Waals surface area contributed by atoms with E-state index in [-0.39, 0.29) is 29.9 Å². The molecule has 0 unspecified atom stereocenters. The summed E-state index contributed by atoms with van der Waals surface area (Å²) in [6.45, 7) is 4.29. The van der Waals surface area contributed by atoms with Crippen molar-refractivity contribution in [1.29, 1.82) is 0 Å². The predicted octanol–water partition coefficient (Wildman–Crippen LogP) is 0.158. The molecule has 10 nitrogen and oxygen atoms in total. The summed E-state index contributed by atoms with van der Waals surface area (Å²) in [5.41, 5.74) is -0.989. The van der Waals surface area contributed by atoms with Gasteiger partial charge >= 0.3 is 5.69 Å². The first kappa shape index (κ1) is 18.5. The number of nitrogens with one attached hydrogen (secondary N) is 2. The number of benzene rings is 1. The molecule has 0 saturated heterocycles. The minimum absolute atomic E-state index is 0.0698. The van der Waals surface area contributed by atoms with Crippen LogP contribution in [-0.4, -0.2) is 44.4 Å². The number of non-ortho nitro benzene ring substituents is 1. The van der Waals surface area contributed by atoms with Gasteiger partial charge in [0.25, 0.3) is 11.2 Å². The molecule has 2 heterocycles. The lowest BCUT2D eigenvalue weighted by molar-refractivity contribution is -0.464. The van der Waals surface area contributed by atoms with E-state index in [1.54, 1.807) is 6.07 Å². The average molecular weight is 374 g/mol. The zero-order valence-electron chi connectivity index (χ0n) is 14.7. The van der Waals surface area contributed by atoms with Gasteiger partial charge in [0.2, 0.25) is 5.69 Å². The molecule has 142 valence electrons. The van der Waals surface area contributed by atoms with E-state index >= 15 is 0 Å². The van der Waals surface area contributed by atoms with E-state index in [0.717, 1.165) is 0 Å². The first-order chi connectivity index (χ1) is 12.7. The van der Waals surface area contributed by atoms with Gasteiger partial charge < -0.3 is 14.8 Å². The van der Waals surface area contributed by atoms with Crippen LogP contribution in [0.15, 0.2) is 27.8 Å². The van der Waals surface area contributed by atoms with Gasteiger partial charge in [0.15, 0.2) is 12.8 Å². The molecule has 0 fully saturated rings. The SMILES string of the molecule is C[C@@H]1C[N+](c2ccc([N+](=O)[O-])cc2Cc2c([O-])[nH]c(=O)[nH]c2=O)=C[C@H](C)O1. The molecular weight excluding hydrogens is 356 g/mol. The third kappa shape index (κ3) is 3.95. The average Bonchev–Trinajstić information content (AvgIpc) is 2.57. The minimum atomic E-state index is -0.892. The number of ether oxygens (including phenoxy) is 1. The van der Waals surface area contributed by atoms with E-state index < -0.39 is 22.1 Å². The molecule has 0 saturated carbocycles. The third-order valence-electron chi connectivity index (χ3n) is 4.24. The molecule has 0 radical (unpaired) electrons. The van der Waals surface area contributed by atoms with Crippen LogP contribution >= 0.6 is 0 Å². The zero-order valence-corrected chi connectivity index (χ0v) is 14.7. The quantitative estimate of drug-likeness (QED) is 0.443. The zero-order chi connectivity index (χ0) is 19.7. The van der Waals surface area contributed by atoms with Crippen LogP contribution in [0.2, 0.25) is 0 Å². The predicted molar refractivity (Wildman–Crippen MR) is 93.9 cm³/mol. The lowest BCUT2D eigenvalue weighted by atomic mass is 10.0. The maximum atomic E-state index is 12.0. The summed E-state index contributed by atoms with van der Waals surface area (Å²) in [7, 11) is 0. The minimum Gasteiger partial charge on any atom is -0.860 e. The Labute approximate surface area is 152 Å². The Kier molecular flexibility index (Phi) is 4.91. The molecule has 3 rings (SSSR count). The summed E-state index contributed by atoms with van der Waals surface area (Å²) in [5, 5.41) is 23.2. The monoisotopic (exact) mass is 374 g/mol. The highest BCUT2D eigenvalue weighted by atomic mass is 16.6. The second-order valence-electron chi connectivity index (χ2n) is 6.42. The van der Waals surface area contributed by atoms with Crippen LogP contribution in [0.4, 0.5) is 11.4 Å². The van der Waals surface area contributed by atoms with Gasteiger partial charge in [-0.05, 0) is 19.7 Å². The van der Waals surface area contributed by atoms with Crippen molar-refractivity contribution in [1.82, 2.24) is 9.97 Å². The Balaban J connectivity index is 2.13. The fraction of sp³-hybridized carbons (Fsp3) is 0.353. The standard InChI is InChI=1S/C17H18N4O6/c1-9-7-20(8-10(2)27-9)14-4-3-12(21(25)26)5-11(14)6-13-15(22)18-17(24)19-16(13)23/h3-5,7,9-10H,6,8H2,1-2H3,(H2-,18,19,22,23,24)/t9-,10+/m0/s1. The van der Waals surface area contributed by atoms with Gasteiger partial charge in [-0.2, -0.15) is 4.58 Å². The Bertz CT molecular complexity index is 1040. The molecule has 1 aromatic heterocycles. The number of aromatic amines is 2. The molecule has 2 aromatic rings. The van der Waals surface area contributed by atoms with Gasteiger partial charge in [0.05, 0.1) is 4.92 Å². The summed E-state index contributed by atoms with van der Waals surface area (Å²) in [4.78, 5) is 37.9. The fourth-order valence-electron chi connectivity index (χ4n) is 3.16. The van der Waals surface area contributed by atoms with E-state index in [1.165, 1.54) is 12.1 Å². The first-order valence-corrected chi connectivity index (χ1v) is 8.31. The summed E-state index contributed by atoms with van der Waals surface area (Å²) in [5.74, 6) is -0.811. The van der Waals surface area contributed by atoms with E-state index in [9.17, 15) is 24.8 Å². The van der Waals surface area contributed by atoms with Gasteiger partial charge in [0.1, 0.15) is 12.2 Å². The number of nitrogens with zero attached hydrogens (tertiary/aromatic N) is 2. The highest BCUT2D eigenvalue weighted by Crippen LogP contribution is 2.28. The van der Waals surface area contributed by atoms with Crippen molar-refractivity contribution >= 4 is 17.6 Å². The number of H-pyrrole nitrogens is 2. The molecule has 2 N–H and O–H groups in total. The molecule has 27 heavy (non-hydrogen) atoms. The van der Waals surface area contributed by atoms with Crippen molar-refractivity contribution in [3.8, 4) is 5.88 Å². The number of rotatable bonds is 4. The van der Waals surface area contributed by atoms with Gasteiger partial charge in [-0.25, -0.2) is 4.79 Å². The molecule has 2 atom stereocenters. The van der Waals surface area contributed by atoms with Crippen LogP contribution in [0, 0.1) is 10.1 Å². The van der Waals surface area contributed by atoms with Crippen molar-refractivity contribution in [2.75, 3.05) is 6.54 Å². The summed E-state index contributed by atoms with van der Waals surface area (Å²) < 4.78 is 7.55. The molecular formula is C17H18N4O6. The summed E-state index contributed by atoms with van der Waals surface area (Å²) in [6.07, 6.45) is 1.44. The van der Waals surface area contributed by atoms with Crippen molar-refractivity contribution in [2.45, 2.75) is 32.5 Å². The fourth-order valence-corrected chi connectivity index (χ4v) is 3.16. The molecule has 0 bridgehead atoms. The largest absolute Gasteiger partial charge is 0.860 e. The van der Waals surface area contributed by atoms with E-state index in [4.69, 9.17) is 4.74 Å². The Morgan fingerprint density at radius 3 is 2.67 bits per heavy atom. The van der Waals surface area contributed by atoms with Crippen molar-refractivity contribution in [3.05, 3.63) is 60.3 Å². The van der Waals surface area contributed by atoms with Crippen LogP contribution in [0.1, 0.15) is 25.0 Å². The molecule has 1 aliphatic rings. The topological polar surface area (TPSA) is 144 Å². The maximum absolute atomic E-state index is 12.0. The highest BCUT2D eigenvalue weighted by Gasteiger charge is 2.27. The highest BCUT2D eigenvalue weighted by molar-refractivity contribution is 5.61. The van der Waals surface area contributed by atoms with E-state index in [2.05, 4.69) is 0 Å². The lowest BCUT2D eigenvalue weighted by Gasteiger charge is -2.21. The lowest BCUT2D eigenvalue weighted by Crippen LogP contribution is -2.35. The van der Waals surface area contributed by atoms with Crippen molar-refractivity contribution < 1.29 is 19.3 Å². The number of hydrogen-bond donors (Lipinski definition) is 2. The van der Waals surface area contributed by atoms with E-state index in [1.807, 2.05) is 34.6 Å². The smallest absolute Gasteiger partial charge is 0.325 e. The normalized spacial score (nSPS) is 19.6. The molecule has 10 heteroatoms. The second kappa shape index (κ2) is 7.16. The van der Waals surface area contributed by atoms with Crippen LogP contribution in [-0.2, 0) is 11.2 Å². The van der Waals surface area contributed by atoms with Gasteiger partial charge in [0, 0.05) is 35.7 Å². The Hall–Kier alpha value is -3.27. The van der Waals surface area contributed by atoms with Crippen LogP contribution in [0.5, 0.6) is 5.88 Å². The van der Waals surface area contributed by atoms with Gasteiger partial charge in [-0.3, -0.25) is 19.9 Å². The van der Waals surface area contributed by atoms with Gasteiger partial charge in [-0.15, -0.1) is 0 Å². The van der Waals surface area contributed by atoms with Crippen LogP contribution < -0.4 is 16.4 Å². The summed E-state index contributed by atoms with van der Waals surface area (Å²) >= 11 is 0. The number of nitro groups is 1. The molecule has 1 aliphatic heterocycles. The first-order valence-electron chi connectivity index (χ1n) is 8.31. The Morgan fingerprint density at radius 1 is 1.30 bits per heavy atom. The molecule has 0 aliphatic carbocycles. The number of aromatic nitrogens is 2. The van der Waals surface area contributed by atoms with Crippen LogP contribution in [0.25, 0.3) is 0 Å². The van der Waals surface area contributed by atoms with Crippen molar-refractivity contribution in [3.63, 3.8) is 0 Å². The summed E-state index contributed by atoms with van der Waals surface area (Å²) in [6, 6.07) is 4.28. The van der Waals surface area contributed by atoms with Gasteiger partial charge in [-0.1, -0.05) is 0 Å². The number of nitro benzene ring substituents is 1. The third-order valence-corrected chi connectivity index (χ3v) is 4.24. The Morgan fingerprint density at radius 2 is 2.04 bits per heavy atom. The second-order valence-corrected chi connectivity index (χ2v) is 6.42. The van der Waals surface area contributed by atoms with Crippen molar-refractivity contribution in [2.24, 2.45) is 0 Å². The molecule has 1 aromatic carbocycles.